The molecule has 4 heteroatoms. The second-order valence-corrected chi connectivity index (χ2v) is 4.41. The van der Waals surface area contributed by atoms with Gasteiger partial charge in [0.1, 0.15) is 5.82 Å². The molecule has 2 rings (SSSR count). The van der Waals surface area contributed by atoms with Crippen LogP contribution in [0.4, 0.5) is 0 Å². The molecular weight excluding hydrogens is 200 g/mol. The van der Waals surface area contributed by atoms with Crippen LogP contribution in [-0.4, -0.2) is 19.3 Å². The molecule has 0 aromatic carbocycles. The van der Waals surface area contributed by atoms with E-state index in [2.05, 4.69) is 34.7 Å². The second-order valence-electron chi connectivity index (χ2n) is 4.41. The molecule has 0 fully saturated rings. The minimum absolute atomic E-state index is 0.476. The molecule has 2 heterocycles. The summed E-state index contributed by atoms with van der Waals surface area (Å²) >= 11 is 0. The van der Waals surface area contributed by atoms with Crippen molar-refractivity contribution in [1.29, 1.82) is 0 Å². The Morgan fingerprint density at radius 1 is 1.38 bits per heavy atom. The molecule has 0 aliphatic carbocycles. The van der Waals surface area contributed by atoms with E-state index in [4.69, 9.17) is 0 Å². The third kappa shape index (κ3) is 2.32. The summed E-state index contributed by atoms with van der Waals surface area (Å²) in [7, 11) is 1.94. The summed E-state index contributed by atoms with van der Waals surface area (Å²) in [5.41, 5.74) is 1.27. The number of nitrogens with zero attached hydrogens (tertiary/aromatic N) is 4. The molecule has 0 aliphatic heterocycles. The summed E-state index contributed by atoms with van der Waals surface area (Å²) in [6, 6.07) is 0. The largest absolute Gasteiger partial charge is 0.334 e. The van der Waals surface area contributed by atoms with Gasteiger partial charge in [-0.05, 0) is 12.0 Å². The molecule has 0 radical (unpaired) electrons. The van der Waals surface area contributed by atoms with Crippen molar-refractivity contribution in [2.45, 2.75) is 32.7 Å². The molecule has 0 atom stereocenters. The van der Waals surface area contributed by atoms with Crippen LogP contribution in [0.2, 0.25) is 0 Å². The Morgan fingerprint density at radius 3 is 2.81 bits per heavy atom. The van der Waals surface area contributed by atoms with Gasteiger partial charge >= 0.3 is 0 Å². The molecule has 0 N–H and O–H groups in total. The predicted octanol–water partition coefficient (Wildman–Crippen LogP) is 1.98. The average molecular weight is 218 g/mol. The van der Waals surface area contributed by atoms with Crippen LogP contribution in [-0.2, 0) is 20.0 Å². The van der Waals surface area contributed by atoms with Gasteiger partial charge in [-0.3, -0.25) is 4.68 Å². The maximum absolute atomic E-state index is 4.38. The fourth-order valence-electron chi connectivity index (χ4n) is 1.86. The lowest BCUT2D eigenvalue weighted by molar-refractivity contribution is 0.619. The molecule has 0 bridgehead atoms. The molecule has 0 spiro atoms. The van der Waals surface area contributed by atoms with Crippen molar-refractivity contribution < 1.29 is 0 Å². The lowest BCUT2D eigenvalue weighted by Gasteiger charge is -2.09. The van der Waals surface area contributed by atoms with Crippen LogP contribution in [0.5, 0.6) is 0 Å². The van der Waals surface area contributed by atoms with Crippen molar-refractivity contribution >= 4 is 0 Å². The van der Waals surface area contributed by atoms with Gasteiger partial charge in [0.15, 0.2) is 0 Å². The molecule has 4 nitrogen and oxygen atoms in total. The SMILES string of the molecule is CC(C)c1nccn1CCc1cnn(C)c1. The molecule has 0 unspecified atom stereocenters. The third-order valence-corrected chi connectivity index (χ3v) is 2.66. The van der Waals surface area contributed by atoms with Gasteiger partial charge in [-0.15, -0.1) is 0 Å². The monoisotopic (exact) mass is 218 g/mol. The number of imidazole rings is 1. The summed E-state index contributed by atoms with van der Waals surface area (Å²) in [6.07, 6.45) is 8.91. The maximum atomic E-state index is 4.38. The van der Waals surface area contributed by atoms with Crippen molar-refractivity contribution in [3.8, 4) is 0 Å². The normalized spacial score (nSPS) is 11.2. The summed E-state index contributed by atoms with van der Waals surface area (Å²) in [6.45, 7) is 5.31. The van der Waals surface area contributed by atoms with Crippen LogP contribution in [0.25, 0.3) is 0 Å². The topological polar surface area (TPSA) is 35.6 Å². The highest BCUT2D eigenvalue weighted by molar-refractivity contribution is 5.05. The molecule has 0 amide bonds. The lowest BCUT2D eigenvalue weighted by Crippen LogP contribution is -2.06. The Bertz CT molecular complexity index is 453. The van der Waals surface area contributed by atoms with Crippen molar-refractivity contribution in [1.82, 2.24) is 19.3 Å². The minimum atomic E-state index is 0.476. The van der Waals surface area contributed by atoms with Gasteiger partial charge in [-0.25, -0.2) is 4.98 Å². The first kappa shape index (κ1) is 10.9. The zero-order valence-corrected chi connectivity index (χ0v) is 10.1. The number of hydrogen-bond donors (Lipinski definition) is 0. The predicted molar refractivity (Wildman–Crippen MR) is 63.2 cm³/mol. The average Bonchev–Trinajstić information content (AvgIpc) is 2.83. The van der Waals surface area contributed by atoms with Crippen LogP contribution >= 0.6 is 0 Å². The molecular formula is C12H18N4. The molecule has 2 aromatic rings. The van der Waals surface area contributed by atoms with E-state index < -0.39 is 0 Å². The fourth-order valence-corrected chi connectivity index (χ4v) is 1.86. The Balaban J connectivity index is 2.02. The molecule has 0 aliphatic rings. The van der Waals surface area contributed by atoms with Crippen molar-refractivity contribution in [3.05, 3.63) is 36.2 Å². The number of hydrogen-bond acceptors (Lipinski definition) is 2. The van der Waals surface area contributed by atoms with Crippen LogP contribution in [0.3, 0.4) is 0 Å². The number of aromatic nitrogens is 4. The van der Waals surface area contributed by atoms with Crippen LogP contribution < -0.4 is 0 Å². The van der Waals surface area contributed by atoms with E-state index in [1.54, 1.807) is 0 Å². The summed E-state index contributed by atoms with van der Waals surface area (Å²) in [5, 5.41) is 4.17. The van der Waals surface area contributed by atoms with E-state index >= 15 is 0 Å². The minimum Gasteiger partial charge on any atom is -0.334 e. The highest BCUT2D eigenvalue weighted by atomic mass is 15.2. The first-order chi connectivity index (χ1) is 7.66. The fraction of sp³-hybridized carbons (Fsp3) is 0.500. The van der Waals surface area contributed by atoms with Gasteiger partial charge < -0.3 is 4.57 Å². The van der Waals surface area contributed by atoms with Gasteiger partial charge in [-0.2, -0.15) is 5.10 Å². The Kier molecular flexibility index (Phi) is 3.08. The van der Waals surface area contributed by atoms with Crippen LogP contribution in [0.1, 0.15) is 31.2 Å². The van der Waals surface area contributed by atoms with Gasteiger partial charge in [0.2, 0.25) is 0 Å². The van der Waals surface area contributed by atoms with Gasteiger partial charge in [-0.1, -0.05) is 13.8 Å². The smallest absolute Gasteiger partial charge is 0.111 e. The van der Waals surface area contributed by atoms with Crippen molar-refractivity contribution in [2.24, 2.45) is 7.05 Å². The molecule has 16 heavy (non-hydrogen) atoms. The Hall–Kier alpha value is -1.58. The highest BCUT2D eigenvalue weighted by Gasteiger charge is 2.07. The number of aryl methyl sites for hydroxylation is 3. The van der Waals surface area contributed by atoms with E-state index in [0.29, 0.717) is 5.92 Å². The Morgan fingerprint density at radius 2 is 2.19 bits per heavy atom. The quantitative estimate of drug-likeness (QED) is 0.786. The summed E-state index contributed by atoms with van der Waals surface area (Å²) < 4.78 is 4.06. The zero-order chi connectivity index (χ0) is 11.5. The maximum Gasteiger partial charge on any atom is 0.111 e. The molecule has 0 saturated heterocycles. The first-order valence-corrected chi connectivity index (χ1v) is 5.65. The number of rotatable bonds is 4. The van der Waals surface area contributed by atoms with Gasteiger partial charge in [0.05, 0.1) is 6.20 Å². The van der Waals surface area contributed by atoms with E-state index in [1.165, 1.54) is 5.56 Å². The summed E-state index contributed by atoms with van der Waals surface area (Å²) in [4.78, 5) is 4.38. The van der Waals surface area contributed by atoms with Crippen molar-refractivity contribution in [3.63, 3.8) is 0 Å². The third-order valence-electron chi connectivity index (χ3n) is 2.66. The summed E-state index contributed by atoms with van der Waals surface area (Å²) in [5.74, 6) is 1.63. The highest BCUT2D eigenvalue weighted by Crippen LogP contribution is 2.12. The second kappa shape index (κ2) is 4.51. The van der Waals surface area contributed by atoms with E-state index in [-0.39, 0.29) is 0 Å². The standard InChI is InChI=1S/C12H18N4/c1-10(2)12-13-5-7-16(12)6-4-11-8-14-15(3)9-11/h5,7-10H,4,6H2,1-3H3. The zero-order valence-electron chi connectivity index (χ0n) is 10.1. The van der Waals surface area contributed by atoms with Crippen LogP contribution in [0.15, 0.2) is 24.8 Å². The van der Waals surface area contributed by atoms with E-state index in [9.17, 15) is 0 Å². The van der Waals surface area contributed by atoms with E-state index in [0.717, 1.165) is 18.8 Å². The molecule has 0 saturated carbocycles. The van der Waals surface area contributed by atoms with Crippen LogP contribution in [0, 0.1) is 0 Å². The molecule has 86 valence electrons. The lowest BCUT2D eigenvalue weighted by atomic mass is 10.2. The van der Waals surface area contributed by atoms with Crippen molar-refractivity contribution in [2.75, 3.05) is 0 Å². The first-order valence-electron chi connectivity index (χ1n) is 5.65. The molecule has 2 aromatic heterocycles. The van der Waals surface area contributed by atoms with Gasteiger partial charge in [0.25, 0.3) is 0 Å². The van der Waals surface area contributed by atoms with Gasteiger partial charge in [0, 0.05) is 38.1 Å². The Labute approximate surface area is 95.9 Å². The van der Waals surface area contributed by atoms with E-state index in [1.807, 2.05) is 30.3 Å².